The van der Waals surface area contributed by atoms with Gasteiger partial charge in [0.15, 0.2) is 0 Å². The van der Waals surface area contributed by atoms with Crippen molar-refractivity contribution in [3.63, 3.8) is 0 Å². The van der Waals surface area contributed by atoms with Gasteiger partial charge in [0, 0.05) is 39.1 Å². The maximum atomic E-state index is 13.3. The van der Waals surface area contributed by atoms with Gasteiger partial charge in [0.1, 0.15) is 6.61 Å². The Bertz CT molecular complexity index is 765. The second kappa shape index (κ2) is 14.1. The van der Waals surface area contributed by atoms with E-state index < -0.39 is 0 Å². The molecule has 2 aliphatic heterocycles. The molecule has 1 saturated carbocycles. The van der Waals surface area contributed by atoms with Crippen molar-refractivity contribution in [2.24, 2.45) is 23.7 Å². The highest BCUT2D eigenvalue weighted by molar-refractivity contribution is 5.77. The fourth-order valence-corrected chi connectivity index (χ4v) is 6.98. The zero-order valence-corrected chi connectivity index (χ0v) is 23.7. The number of nitrogens with zero attached hydrogens (tertiary/aromatic N) is 2. The Balaban J connectivity index is 1.23. The van der Waals surface area contributed by atoms with Gasteiger partial charge in [-0.05, 0) is 75.7 Å². The molecule has 4 rings (SSSR count). The van der Waals surface area contributed by atoms with Crippen molar-refractivity contribution in [1.29, 1.82) is 0 Å². The highest BCUT2D eigenvalue weighted by Gasteiger charge is 2.34. The molecular weight excluding hydrogens is 464 g/mol. The van der Waals surface area contributed by atoms with Gasteiger partial charge in [0.25, 0.3) is 0 Å². The topological polar surface area (TPSA) is 73.9 Å². The maximum absolute atomic E-state index is 13.3. The summed E-state index contributed by atoms with van der Waals surface area (Å²) in [6, 6.07) is 0. The normalized spacial score (nSPS) is 30.3. The van der Waals surface area contributed by atoms with Crippen LogP contribution in [0.5, 0.6) is 0 Å². The Morgan fingerprint density at radius 1 is 1.05 bits per heavy atom. The first-order valence-electron chi connectivity index (χ1n) is 15.2. The van der Waals surface area contributed by atoms with E-state index in [1.54, 1.807) is 0 Å². The van der Waals surface area contributed by atoms with Gasteiger partial charge in [-0.25, -0.2) is 0 Å². The number of hydrogen-bond acceptors (Lipinski definition) is 5. The van der Waals surface area contributed by atoms with Gasteiger partial charge in [0.2, 0.25) is 11.8 Å². The van der Waals surface area contributed by atoms with Gasteiger partial charge in [-0.2, -0.15) is 0 Å². The van der Waals surface area contributed by atoms with E-state index in [-0.39, 0.29) is 18.6 Å². The average Bonchev–Trinajstić information content (AvgIpc) is 2.93. The number of ether oxygens (including phenoxy) is 1. The minimum atomic E-state index is -0.000923. The fourth-order valence-electron chi connectivity index (χ4n) is 6.98. The van der Waals surface area contributed by atoms with E-state index in [0.717, 1.165) is 52.0 Å². The zero-order chi connectivity index (χ0) is 26.2. The number of piperidine rings is 1. The molecule has 37 heavy (non-hydrogen) atoms. The number of nitrogens with one attached hydrogen (secondary N) is 2. The molecule has 4 aliphatic rings. The molecule has 2 saturated heterocycles. The molecule has 4 atom stereocenters. The lowest BCUT2D eigenvalue weighted by Gasteiger charge is -2.42. The minimum absolute atomic E-state index is 0.000923. The predicted molar refractivity (Wildman–Crippen MR) is 148 cm³/mol. The van der Waals surface area contributed by atoms with E-state index in [4.69, 9.17) is 4.74 Å². The summed E-state index contributed by atoms with van der Waals surface area (Å²) in [5.74, 6) is 1.90. The van der Waals surface area contributed by atoms with Crippen molar-refractivity contribution < 1.29 is 14.3 Å². The molecule has 2 heterocycles. The SMILES string of the molecule is CC1=CC(CNC(=O)COC2CCCCC2)C(C(C)C)CC1CC(=O)N1CCN(C2CCCCN2)CC1. The molecule has 2 N–H and O–H groups in total. The molecule has 3 fully saturated rings. The van der Waals surface area contributed by atoms with Gasteiger partial charge in [-0.3, -0.25) is 14.5 Å². The van der Waals surface area contributed by atoms with Crippen LogP contribution in [-0.2, 0) is 14.3 Å². The molecule has 0 spiro atoms. The minimum Gasteiger partial charge on any atom is -0.368 e. The highest BCUT2D eigenvalue weighted by atomic mass is 16.5. The van der Waals surface area contributed by atoms with Gasteiger partial charge < -0.3 is 20.3 Å². The third-order valence-electron chi connectivity index (χ3n) is 9.43. The molecule has 0 aromatic rings. The number of piperazine rings is 1. The van der Waals surface area contributed by atoms with Crippen LogP contribution in [0.4, 0.5) is 0 Å². The second-order valence-electron chi connectivity index (χ2n) is 12.4. The molecule has 0 aromatic carbocycles. The molecule has 7 nitrogen and oxygen atoms in total. The summed E-state index contributed by atoms with van der Waals surface area (Å²) in [6.07, 6.45) is 14.4. The van der Waals surface area contributed by atoms with Crippen LogP contribution in [-0.4, -0.2) is 79.8 Å². The van der Waals surface area contributed by atoms with Crippen molar-refractivity contribution in [2.45, 2.75) is 97.2 Å². The lowest BCUT2D eigenvalue weighted by Crippen LogP contribution is -2.57. The van der Waals surface area contributed by atoms with E-state index >= 15 is 0 Å². The Labute approximate surface area is 225 Å². The molecular formula is C30H52N4O3. The number of rotatable bonds is 9. The zero-order valence-electron chi connectivity index (χ0n) is 23.7. The van der Waals surface area contributed by atoms with E-state index in [1.807, 2.05) is 0 Å². The Hall–Kier alpha value is -1.44. The van der Waals surface area contributed by atoms with Crippen molar-refractivity contribution in [2.75, 3.05) is 45.9 Å². The van der Waals surface area contributed by atoms with E-state index in [0.29, 0.717) is 48.7 Å². The van der Waals surface area contributed by atoms with Crippen molar-refractivity contribution in [3.8, 4) is 0 Å². The molecule has 0 bridgehead atoms. The maximum Gasteiger partial charge on any atom is 0.246 e. The Morgan fingerprint density at radius 2 is 1.78 bits per heavy atom. The third-order valence-corrected chi connectivity index (χ3v) is 9.43. The predicted octanol–water partition coefficient (Wildman–Crippen LogP) is 3.94. The molecule has 2 amide bonds. The summed E-state index contributed by atoms with van der Waals surface area (Å²) >= 11 is 0. The summed E-state index contributed by atoms with van der Waals surface area (Å²) in [6.45, 7) is 12.3. The van der Waals surface area contributed by atoms with Crippen LogP contribution in [0.1, 0.15) is 85.0 Å². The third kappa shape index (κ3) is 8.27. The largest absolute Gasteiger partial charge is 0.368 e. The summed E-state index contributed by atoms with van der Waals surface area (Å²) in [5, 5.41) is 6.79. The second-order valence-corrected chi connectivity index (χ2v) is 12.4. The summed E-state index contributed by atoms with van der Waals surface area (Å²) in [7, 11) is 0. The van der Waals surface area contributed by atoms with Crippen LogP contribution in [0.25, 0.3) is 0 Å². The molecule has 4 unspecified atom stereocenters. The van der Waals surface area contributed by atoms with E-state index in [9.17, 15) is 9.59 Å². The average molecular weight is 517 g/mol. The summed E-state index contributed by atoms with van der Waals surface area (Å²) in [5.41, 5.74) is 1.31. The van der Waals surface area contributed by atoms with Crippen LogP contribution in [0.15, 0.2) is 11.6 Å². The molecule has 210 valence electrons. The number of allylic oxidation sites excluding steroid dienone is 1. The first-order chi connectivity index (χ1) is 17.9. The smallest absolute Gasteiger partial charge is 0.246 e. The first kappa shape index (κ1) is 28.6. The summed E-state index contributed by atoms with van der Waals surface area (Å²) in [4.78, 5) is 30.4. The van der Waals surface area contributed by atoms with Gasteiger partial charge in [0.05, 0.1) is 12.3 Å². The molecule has 0 aromatic heterocycles. The quantitative estimate of drug-likeness (QED) is 0.454. The van der Waals surface area contributed by atoms with Crippen LogP contribution >= 0.6 is 0 Å². The molecule has 2 aliphatic carbocycles. The fraction of sp³-hybridized carbons (Fsp3) is 0.867. The monoisotopic (exact) mass is 516 g/mol. The van der Waals surface area contributed by atoms with Gasteiger partial charge in [-0.15, -0.1) is 0 Å². The van der Waals surface area contributed by atoms with Crippen molar-refractivity contribution >= 4 is 11.8 Å². The van der Waals surface area contributed by atoms with Crippen LogP contribution < -0.4 is 10.6 Å². The molecule has 0 radical (unpaired) electrons. The van der Waals surface area contributed by atoms with Crippen LogP contribution in [0.3, 0.4) is 0 Å². The van der Waals surface area contributed by atoms with Gasteiger partial charge >= 0.3 is 0 Å². The summed E-state index contributed by atoms with van der Waals surface area (Å²) < 4.78 is 5.86. The standard InChI is InChI=1S/C30H52N4O3/c1-22(2)27-18-24(19-30(36)34-15-13-33(14-16-34)28-11-7-8-12-31-28)23(3)17-25(27)20-32-29(35)21-37-26-9-5-4-6-10-26/h17,22,24-28,31H,4-16,18-21H2,1-3H3,(H,32,35). The van der Waals surface area contributed by atoms with Crippen LogP contribution in [0, 0.1) is 23.7 Å². The lowest BCUT2D eigenvalue weighted by atomic mass is 9.69. The van der Waals surface area contributed by atoms with Crippen LogP contribution in [0.2, 0.25) is 0 Å². The van der Waals surface area contributed by atoms with Crippen molar-refractivity contribution in [3.05, 3.63) is 11.6 Å². The molecule has 7 heteroatoms. The number of carbonyl (C=O) groups excluding carboxylic acids is 2. The number of hydrogen-bond donors (Lipinski definition) is 2. The van der Waals surface area contributed by atoms with Crippen molar-refractivity contribution in [1.82, 2.24) is 20.4 Å². The highest BCUT2D eigenvalue weighted by Crippen LogP contribution is 2.39. The lowest BCUT2D eigenvalue weighted by molar-refractivity contribution is -0.134. The van der Waals surface area contributed by atoms with E-state index in [2.05, 4.69) is 47.3 Å². The Morgan fingerprint density at radius 3 is 2.46 bits per heavy atom. The number of amides is 2. The Kier molecular flexibility index (Phi) is 10.9. The van der Waals surface area contributed by atoms with Gasteiger partial charge in [-0.1, -0.05) is 44.8 Å². The number of carbonyl (C=O) groups is 2. The first-order valence-corrected chi connectivity index (χ1v) is 15.2. The van der Waals surface area contributed by atoms with E-state index in [1.165, 1.54) is 44.1 Å².